The summed E-state index contributed by atoms with van der Waals surface area (Å²) in [5.74, 6) is 0.904. The Bertz CT molecular complexity index is 567. The van der Waals surface area contributed by atoms with Gasteiger partial charge in [-0.2, -0.15) is 5.26 Å². The number of nitriles is 1. The summed E-state index contributed by atoms with van der Waals surface area (Å²) >= 11 is 1.67. The Hall–Kier alpha value is -1.98. The van der Waals surface area contributed by atoms with E-state index in [1.807, 2.05) is 53.9 Å². The second-order valence-electron chi connectivity index (χ2n) is 4.21. The summed E-state index contributed by atoms with van der Waals surface area (Å²) in [4.78, 5) is 0. The maximum atomic E-state index is 9.15. The molecule has 0 radical (unpaired) electrons. The van der Waals surface area contributed by atoms with E-state index >= 15 is 0 Å². The zero-order valence-corrected chi connectivity index (χ0v) is 11.4. The van der Waals surface area contributed by atoms with E-state index in [0.29, 0.717) is 6.42 Å². The lowest BCUT2D eigenvalue weighted by Crippen LogP contribution is -1.87. The number of rotatable bonds is 5. The third kappa shape index (κ3) is 4.65. The van der Waals surface area contributed by atoms with Crippen LogP contribution in [0, 0.1) is 11.3 Å². The number of hydrogen-bond donors (Lipinski definition) is 0. The lowest BCUT2D eigenvalue weighted by atomic mass is 10.1. The fraction of sp³-hybridized carbons (Fsp3) is 0.118. The van der Waals surface area contributed by atoms with Crippen molar-refractivity contribution in [3.8, 4) is 6.07 Å². The molecule has 2 rings (SSSR count). The number of benzene rings is 2. The summed E-state index contributed by atoms with van der Waals surface area (Å²) in [6.07, 6.45) is 0.707. The van der Waals surface area contributed by atoms with E-state index in [1.165, 1.54) is 11.1 Å². The first-order valence-corrected chi connectivity index (χ1v) is 7.22. The van der Waals surface area contributed by atoms with E-state index in [2.05, 4.69) is 18.2 Å². The predicted molar refractivity (Wildman–Crippen MR) is 81.6 cm³/mol. The Morgan fingerprint density at radius 1 is 0.947 bits per heavy atom. The van der Waals surface area contributed by atoms with Gasteiger partial charge in [-0.3, -0.25) is 0 Å². The zero-order valence-electron chi connectivity index (χ0n) is 10.6. The molecule has 0 amide bonds. The molecule has 0 fully saturated rings. The van der Waals surface area contributed by atoms with Gasteiger partial charge in [-0.15, -0.1) is 11.8 Å². The Morgan fingerprint density at radius 3 is 2.11 bits per heavy atom. The largest absolute Gasteiger partial charge is 0.193 e. The van der Waals surface area contributed by atoms with Crippen molar-refractivity contribution in [2.24, 2.45) is 0 Å². The van der Waals surface area contributed by atoms with Gasteiger partial charge in [0.15, 0.2) is 0 Å². The van der Waals surface area contributed by atoms with E-state index in [1.54, 1.807) is 11.8 Å². The second kappa shape index (κ2) is 7.45. The van der Waals surface area contributed by atoms with Gasteiger partial charge in [-0.1, -0.05) is 60.7 Å². The molecule has 2 heteroatoms. The van der Waals surface area contributed by atoms with Crippen LogP contribution in [0.4, 0.5) is 0 Å². The minimum atomic E-state index is 0.707. The molecule has 0 saturated heterocycles. The predicted octanol–water partition coefficient (Wildman–Crippen LogP) is 4.57. The molecular formula is C17H15NS. The van der Waals surface area contributed by atoms with Crippen LogP contribution in [0.25, 0.3) is 0 Å². The van der Waals surface area contributed by atoms with Crippen LogP contribution in [0.2, 0.25) is 0 Å². The maximum Gasteiger partial charge on any atom is 0.0956 e. The molecule has 0 aromatic heterocycles. The zero-order chi connectivity index (χ0) is 13.3. The van der Waals surface area contributed by atoms with Crippen LogP contribution < -0.4 is 0 Å². The van der Waals surface area contributed by atoms with E-state index < -0.39 is 0 Å². The molecule has 0 N–H and O–H groups in total. The Labute approximate surface area is 118 Å². The van der Waals surface area contributed by atoms with Crippen molar-refractivity contribution in [3.05, 3.63) is 82.8 Å². The van der Waals surface area contributed by atoms with Crippen LogP contribution in [-0.2, 0) is 12.2 Å². The Kier molecular flexibility index (Phi) is 5.28. The average Bonchev–Trinajstić information content (AvgIpc) is 2.48. The van der Waals surface area contributed by atoms with Gasteiger partial charge in [-0.05, 0) is 16.5 Å². The molecule has 0 heterocycles. The van der Waals surface area contributed by atoms with Gasteiger partial charge in [0, 0.05) is 17.7 Å². The van der Waals surface area contributed by atoms with E-state index in [-0.39, 0.29) is 0 Å². The highest BCUT2D eigenvalue weighted by atomic mass is 32.2. The molecule has 0 unspecified atom stereocenters. The number of nitrogens with zero attached hydrogens (tertiary/aromatic N) is 1. The number of thioether (sulfide) groups is 1. The molecule has 0 spiro atoms. The first kappa shape index (κ1) is 13.5. The molecule has 1 nitrogen and oxygen atoms in total. The smallest absolute Gasteiger partial charge is 0.0956 e. The quantitative estimate of drug-likeness (QED) is 0.739. The summed E-state index contributed by atoms with van der Waals surface area (Å²) in [5, 5.41) is 11.1. The van der Waals surface area contributed by atoms with Crippen molar-refractivity contribution in [2.75, 3.05) is 0 Å². The maximum absolute atomic E-state index is 9.15. The minimum Gasteiger partial charge on any atom is -0.193 e. The van der Waals surface area contributed by atoms with Crippen molar-refractivity contribution < 1.29 is 0 Å². The topological polar surface area (TPSA) is 23.8 Å². The van der Waals surface area contributed by atoms with Crippen molar-refractivity contribution in [3.63, 3.8) is 0 Å². The minimum absolute atomic E-state index is 0.707. The van der Waals surface area contributed by atoms with Gasteiger partial charge in [0.05, 0.1) is 6.07 Å². The Morgan fingerprint density at radius 2 is 1.53 bits per heavy atom. The van der Waals surface area contributed by atoms with Gasteiger partial charge in [0.2, 0.25) is 0 Å². The lowest BCUT2D eigenvalue weighted by molar-refractivity contribution is 1.20. The summed E-state index contributed by atoms with van der Waals surface area (Å²) in [7, 11) is 0. The molecule has 0 atom stereocenters. The standard InChI is InChI=1S/C17H15NS/c18-12-17(11-15-7-3-1-4-8-15)14-19-13-16-9-5-2-6-10-16/h1-10,14H,11,13H2/b17-14+. The van der Waals surface area contributed by atoms with Crippen molar-refractivity contribution >= 4 is 11.8 Å². The monoisotopic (exact) mass is 265 g/mol. The molecule has 19 heavy (non-hydrogen) atoms. The van der Waals surface area contributed by atoms with Gasteiger partial charge >= 0.3 is 0 Å². The highest BCUT2D eigenvalue weighted by molar-refractivity contribution is 8.01. The molecule has 0 aliphatic rings. The highest BCUT2D eigenvalue weighted by Crippen LogP contribution is 2.17. The average molecular weight is 265 g/mol. The van der Waals surface area contributed by atoms with Crippen LogP contribution >= 0.6 is 11.8 Å². The van der Waals surface area contributed by atoms with Crippen LogP contribution in [-0.4, -0.2) is 0 Å². The van der Waals surface area contributed by atoms with Gasteiger partial charge < -0.3 is 0 Å². The third-order valence-corrected chi connectivity index (χ3v) is 3.65. The number of hydrogen-bond acceptors (Lipinski definition) is 2. The van der Waals surface area contributed by atoms with Crippen LogP contribution in [0.15, 0.2) is 71.6 Å². The van der Waals surface area contributed by atoms with Crippen molar-refractivity contribution in [1.29, 1.82) is 5.26 Å². The van der Waals surface area contributed by atoms with Gasteiger partial charge in [-0.25, -0.2) is 0 Å². The SMILES string of the molecule is N#C/C(=C/SCc1ccccc1)Cc1ccccc1. The van der Waals surface area contributed by atoms with E-state index in [9.17, 15) is 0 Å². The molecule has 0 aliphatic heterocycles. The van der Waals surface area contributed by atoms with E-state index in [4.69, 9.17) is 5.26 Å². The Balaban J connectivity index is 1.91. The molecular weight excluding hydrogens is 250 g/mol. The molecule has 94 valence electrons. The fourth-order valence-corrected chi connectivity index (χ4v) is 2.54. The van der Waals surface area contributed by atoms with Gasteiger partial charge in [0.25, 0.3) is 0 Å². The van der Waals surface area contributed by atoms with Gasteiger partial charge in [0.1, 0.15) is 0 Å². The van der Waals surface area contributed by atoms with Crippen LogP contribution in [0.5, 0.6) is 0 Å². The molecule has 0 bridgehead atoms. The van der Waals surface area contributed by atoms with Crippen molar-refractivity contribution in [1.82, 2.24) is 0 Å². The molecule has 0 aliphatic carbocycles. The van der Waals surface area contributed by atoms with E-state index in [0.717, 1.165) is 11.3 Å². The molecule has 2 aromatic carbocycles. The van der Waals surface area contributed by atoms with Crippen LogP contribution in [0.3, 0.4) is 0 Å². The first-order valence-electron chi connectivity index (χ1n) is 6.17. The van der Waals surface area contributed by atoms with Crippen molar-refractivity contribution in [2.45, 2.75) is 12.2 Å². The third-order valence-electron chi connectivity index (χ3n) is 2.70. The summed E-state index contributed by atoms with van der Waals surface area (Å²) in [6, 6.07) is 22.7. The number of allylic oxidation sites excluding steroid dienone is 1. The fourth-order valence-electron chi connectivity index (χ4n) is 1.74. The van der Waals surface area contributed by atoms with Crippen LogP contribution in [0.1, 0.15) is 11.1 Å². The normalized spacial score (nSPS) is 11.0. The molecule has 2 aromatic rings. The second-order valence-corrected chi connectivity index (χ2v) is 5.07. The summed E-state index contributed by atoms with van der Waals surface area (Å²) < 4.78 is 0. The summed E-state index contributed by atoms with van der Waals surface area (Å²) in [6.45, 7) is 0. The highest BCUT2D eigenvalue weighted by Gasteiger charge is 1.98. The first-order chi connectivity index (χ1) is 9.38. The lowest BCUT2D eigenvalue weighted by Gasteiger charge is -2.00. The molecule has 0 saturated carbocycles. The summed E-state index contributed by atoms with van der Waals surface area (Å²) in [5.41, 5.74) is 3.27.